The second-order valence-electron chi connectivity index (χ2n) is 8.08. The number of nitrogens with one attached hydrogen (secondary N) is 1. The summed E-state index contributed by atoms with van der Waals surface area (Å²) in [6, 6.07) is -1.00. The summed E-state index contributed by atoms with van der Waals surface area (Å²) in [5, 5.41) is 37.4. The minimum Gasteiger partial charge on any atom is -0.480 e. The summed E-state index contributed by atoms with van der Waals surface area (Å²) in [6.45, 7) is 3.00. The molecule has 16 nitrogen and oxygen atoms in total. The highest BCUT2D eigenvalue weighted by Crippen LogP contribution is 2.41. The van der Waals surface area contributed by atoms with E-state index in [1.165, 1.54) is 17.1 Å². The Morgan fingerprint density at radius 2 is 2.13 bits per heavy atom. The number of carbonyl (C=O) groups excluding carboxylic acids is 2. The van der Waals surface area contributed by atoms with Crippen LogP contribution in [0.25, 0.3) is 0 Å². The number of aromatic nitrogens is 5. The molecule has 2 amide bonds. The number of carboxylic acid groups (broad SMARTS) is 2. The molecule has 0 spiro atoms. The van der Waals surface area contributed by atoms with Crippen LogP contribution in [0.1, 0.15) is 19.5 Å². The molecule has 19 heteroatoms. The first-order valence-electron chi connectivity index (χ1n) is 10.8. The van der Waals surface area contributed by atoms with Gasteiger partial charge in [0.05, 0.1) is 0 Å². The zero-order chi connectivity index (χ0) is 27.6. The predicted molar refractivity (Wildman–Crippen MR) is 135 cm³/mol. The molecule has 0 bridgehead atoms. The number of aliphatic carboxylic acids is 2. The Morgan fingerprint density at radius 1 is 1.37 bits per heavy atom. The Morgan fingerprint density at radius 3 is 2.76 bits per heavy atom. The van der Waals surface area contributed by atoms with E-state index in [1.807, 2.05) is 0 Å². The van der Waals surface area contributed by atoms with Gasteiger partial charge in [-0.15, -0.1) is 28.2 Å². The number of hydrogen-bond donors (Lipinski definition) is 4. The zero-order valence-corrected chi connectivity index (χ0v) is 22.2. The third kappa shape index (κ3) is 5.73. The van der Waals surface area contributed by atoms with E-state index in [4.69, 9.17) is 15.7 Å². The SMILES string of the molecule is CC(C)O/N=C(\C(=O)NC1C(=O)N2C(C(=O)O)=C(CSc3nnnn3CC(=O)O)CS[C@H]12)c1csc(N)n1. The third-order valence-electron chi connectivity index (χ3n) is 5.03. The van der Waals surface area contributed by atoms with Crippen LogP contribution in [0, 0.1) is 0 Å². The molecule has 2 aromatic rings. The van der Waals surface area contributed by atoms with Crippen molar-refractivity contribution in [3.63, 3.8) is 0 Å². The number of carbonyl (C=O) groups is 4. The molecule has 4 heterocycles. The molecular formula is C19H21N9O7S3. The van der Waals surface area contributed by atoms with Crippen molar-refractivity contribution in [3.05, 3.63) is 22.3 Å². The normalized spacial score (nSPS) is 19.3. The van der Waals surface area contributed by atoms with Crippen LogP contribution in [0.3, 0.4) is 0 Å². The van der Waals surface area contributed by atoms with E-state index in [0.29, 0.717) is 5.57 Å². The number of carboxylic acids is 2. The van der Waals surface area contributed by atoms with Crippen molar-refractivity contribution in [1.29, 1.82) is 0 Å². The van der Waals surface area contributed by atoms with Gasteiger partial charge in [-0.3, -0.25) is 19.3 Å². The lowest BCUT2D eigenvalue weighted by Crippen LogP contribution is -2.71. The molecule has 0 aliphatic carbocycles. The van der Waals surface area contributed by atoms with Gasteiger partial charge in [-0.1, -0.05) is 16.9 Å². The summed E-state index contributed by atoms with van der Waals surface area (Å²) < 4.78 is 1.07. The topological polar surface area (TPSA) is 228 Å². The van der Waals surface area contributed by atoms with Crippen molar-refractivity contribution >= 4 is 69.5 Å². The molecule has 5 N–H and O–H groups in total. The molecule has 202 valence electrons. The molecule has 0 saturated carbocycles. The number of thiazole rings is 1. The highest BCUT2D eigenvalue weighted by Gasteiger charge is 2.54. The summed E-state index contributed by atoms with van der Waals surface area (Å²) in [4.78, 5) is 59.5. The monoisotopic (exact) mass is 583 g/mol. The minimum atomic E-state index is -1.31. The van der Waals surface area contributed by atoms with Crippen LogP contribution in [-0.4, -0.2) is 98.8 Å². The van der Waals surface area contributed by atoms with Crippen molar-refractivity contribution in [3.8, 4) is 0 Å². The van der Waals surface area contributed by atoms with Crippen LogP contribution >= 0.6 is 34.9 Å². The van der Waals surface area contributed by atoms with Crippen molar-refractivity contribution < 1.29 is 34.2 Å². The first kappa shape index (κ1) is 27.3. The standard InChI is InChI=1S/C19H21N9O7S3/c1-7(2)35-24-11(9-6-37-18(20)21-9)14(31)22-12-15(32)28-13(17(33)34)8(4-36-16(12)28)5-38-19-23-25-26-27(19)3-10(29)30/h6-7,12,16H,3-5H2,1-2H3,(H2,20,21)(H,22,31)(H,29,30)(H,33,34)/b24-11-/t12?,16-/m1/s1. The summed E-state index contributed by atoms with van der Waals surface area (Å²) in [5.74, 6) is -3.41. The van der Waals surface area contributed by atoms with Gasteiger partial charge in [0.25, 0.3) is 11.8 Å². The quantitative estimate of drug-likeness (QED) is 0.113. The Hall–Kier alpha value is -3.71. The lowest BCUT2D eigenvalue weighted by molar-refractivity contribution is -0.150. The number of fused-ring (bicyclic) bond motifs is 1. The maximum absolute atomic E-state index is 13.0. The second-order valence-corrected chi connectivity index (χ2v) is 11.0. The van der Waals surface area contributed by atoms with Crippen molar-refractivity contribution in [2.45, 2.75) is 43.1 Å². The first-order valence-corrected chi connectivity index (χ1v) is 13.7. The largest absolute Gasteiger partial charge is 0.480 e. The summed E-state index contributed by atoms with van der Waals surface area (Å²) in [6.07, 6.45) is -0.322. The van der Waals surface area contributed by atoms with E-state index >= 15 is 0 Å². The smallest absolute Gasteiger partial charge is 0.352 e. The maximum atomic E-state index is 13.0. The molecule has 1 unspecified atom stereocenters. The lowest BCUT2D eigenvalue weighted by atomic mass is 10.0. The van der Waals surface area contributed by atoms with Gasteiger partial charge in [-0.05, 0) is 29.8 Å². The minimum absolute atomic E-state index is 0.108. The number of β-lactam (4-membered cyclic amide) rings is 1. The maximum Gasteiger partial charge on any atom is 0.352 e. The molecule has 38 heavy (non-hydrogen) atoms. The van der Waals surface area contributed by atoms with E-state index in [0.717, 1.165) is 32.7 Å². The Labute approximate surface area is 226 Å². The number of anilines is 1. The third-order valence-corrected chi connectivity index (χ3v) is 8.09. The van der Waals surface area contributed by atoms with Crippen LogP contribution < -0.4 is 11.1 Å². The molecule has 1 saturated heterocycles. The molecule has 2 atom stereocenters. The summed E-state index contributed by atoms with van der Waals surface area (Å²) in [5.41, 5.74) is 5.93. The fourth-order valence-corrected chi connectivity index (χ4v) is 6.35. The number of amides is 2. The van der Waals surface area contributed by atoms with Gasteiger partial charge in [0.1, 0.15) is 35.5 Å². The van der Waals surface area contributed by atoms with E-state index in [-0.39, 0.29) is 45.0 Å². The molecule has 2 aliphatic rings. The average Bonchev–Trinajstić information content (AvgIpc) is 3.48. The Bertz CT molecular complexity index is 1340. The molecule has 2 aromatic heterocycles. The molecule has 2 aliphatic heterocycles. The van der Waals surface area contributed by atoms with E-state index in [9.17, 15) is 24.3 Å². The Kier molecular flexibility index (Phi) is 8.17. The van der Waals surface area contributed by atoms with E-state index in [2.05, 4.69) is 31.0 Å². The van der Waals surface area contributed by atoms with Crippen LogP contribution in [0.5, 0.6) is 0 Å². The van der Waals surface area contributed by atoms with Gasteiger partial charge >= 0.3 is 11.9 Å². The van der Waals surface area contributed by atoms with Gasteiger partial charge in [-0.25, -0.2) is 14.5 Å². The number of hydrogen-bond acceptors (Lipinski definition) is 14. The van der Waals surface area contributed by atoms with Crippen LogP contribution in [0.15, 0.2) is 27.0 Å². The molecular weight excluding hydrogens is 562 g/mol. The first-order chi connectivity index (χ1) is 18.1. The summed E-state index contributed by atoms with van der Waals surface area (Å²) in [7, 11) is 0. The van der Waals surface area contributed by atoms with Crippen LogP contribution in [0.4, 0.5) is 5.13 Å². The highest BCUT2D eigenvalue weighted by atomic mass is 32.2. The number of nitrogen functional groups attached to an aromatic ring is 1. The predicted octanol–water partition coefficient (Wildman–Crippen LogP) is -0.544. The molecule has 0 aromatic carbocycles. The van der Waals surface area contributed by atoms with Gasteiger partial charge in [0, 0.05) is 16.9 Å². The number of rotatable bonds is 11. The van der Waals surface area contributed by atoms with Gasteiger partial charge in [0.2, 0.25) is 5.16 Å². The molecule has 1 fully saturated rings. The number of thioether (sulfide) groups is 2. The van der Waals surface area contributed by atoms with Gasteiger partial charge < -0.3 is 26.1 Å². The number of tetrazole rings is 1. The second kappa shape index (κ2) is 11.4. The zero-order valence-electron chi connectivity index (χ0n) is 19.8. The van der Waals surface area contributed by atoms with Crippen LogP contribution in [-0.2, 0) is 30.6 Å². The fourth-order valence-electron chi connectivity index (χ4n) is 3.44. The van der Waals surface area contributed by atoms with E-state index in [1.54, 1.807) is 13.8 Å². The summed E-state index contributed by atoms with van der Waals surface area (Å²) >= 11 is 3.43. The number of nitrogens with zero attached hydrogens (tertiary/aromatic N) is 7. The van der Waals surface area contributed by atoms with Crippen molar-refractivity contribution in [2.24, 2.45) is 5.16 Å². The fraction of sp³-hybridized carbons (Fsp3) is 0.421. The lowest BCUT2D eigenvalue weighted by Gasteiger charge is -2.49. The van der Waals surface area contributed by atoms with Crippen molar-refractivity contribution in [1.82, 2.24) is 35.4 Å². The van der Waals surface area contributed by atoms with Crippen LogP contribution in [0.2, 0.25) is 0 Å². The Balaban J connectivity index is 1.49. The average molecular weight is 584 g/mol. The highest BCUT2D eigenvalue weighted by molar-refractivity contribution is 8.01. The van der Waals surface area contributed by atoms with Gasteiger partial charge in [-0.2, -0.15) is 0 Å². The molecule has 0 radical (unpaired) electrons. The number of nitrogens with two attached hydrogens (primary N) is 1. The van der Waals surface area contributed by atoms with E-state index < -0.39 is 41.7 Å². The molecule has 4 rings (SSSR count). The van der Waals surface area contributed by atoms with Crippen molar-refractivity contribution in [2.75, 3.05) is 17.2 Å². The number of oxime groups is 1. The van der Waals surface area contributed by atoms with Gasteiger partial charge in [0.15, 0.2) is 10.8 Å².